The predicted octanol–water partition coefficient (Wildman–Crippen LogP) is 10.7. The van der Waals surface area contributed by atoms with Gasteiger partial charge in [-0.3, -0.25) is 9.59 Å². The second-order valence-electron chi connectivity index (χ2n) is 12.8. The van der Waals surface area contributed by atoms with E-state index in [1.165, 1.54) is 4.57 Å². The molecular weight excluding hydrogens is 598 g/mol. The lowest BCUT2D eigenvalue weighted by molar-refractivity contribution is 0.476. The third kappa shape index (κ3) is 4.63. The Morgan fingerprint density at radius 2 is 1.06 bits per heavy atom. The van der Waals surface area contributed by atoms with Gasteiger partial charge in [0.15, 0.2) is 11.3 Å². The van der Waals surface area contributed by atoms with Crippen LogP contribution >= 0.6 is 0 Å². The van der Waals surface area contributed by atoms with Crippen LogP contribution in [0.4, 0.5) is 0 Å². The van der Waals surface area contributed by atoms with Gasteiger partial charge >= 0.3 is 0 Å². The Labute approximate surface area is 276 Å². The van der Waals surface area contributed by atoms with Crippen molar-refractivity contribution in [1.82, 2.24) is 4.57 Å². The number of fused-ring (bicyclic) bond motifs is 2. The van der Waals surface area contributed by atoms with Gasteiger partial charge in [-0.1, -0.05) is 100 Å². The number of aromatic nitrogens is 1. The maximum atomic E-state index is 14.9. The molecule has 48 heavy (non-hydrogen) atoms. The molecule has 8 aromatic rings. The highest BCUT2D eigenvalue weighted by molar-refractivity contribution is 6.29. The molecule has 0 unspecified atom stereocenters. The Balaban J connectivity index is 1.60. The maximum Gasteiger partial charge on any atom is 0.266 e. The Hall–Kier alpha value is -5.88. The third-order valence-corrected chi connectivity index (χ3v) is 9.03. The minimum absolute atomic E-state index is 0.0647. The van der Waals surface area contributed by atoms with Crippen molar-refractivity contribution in [1.29, 1.82) is 0 Å². The normalized spacial score (nSPS) is 11.9. The summed E-state index contributed by atoms with van der Waals surface area (Å²) in [5, 5.41) is 3.36. The van der Waals surface area contributed by atoms with Crippen molar-refractivity contribution < 1.29 is 13.9 Å². The Bertz CT molecular complexity index is 2540. The molecule has 2 heterocycles. The van der Waals surface area contributed by atoms with Gasteiger partial charge in [-0.2, -0.15) is 0 Å². The molecule has 0 spiro atoms. The van der Waals surface area contributed by atoms with Gasteiger partial charge in [-0.05, 0) is 65.4 Å². The van der Waals surface area contributed by atoms with Crippen LogP contribution in [0, 0.1) is 0 Å². The quantitative estimate of drug-likeness (QED) is 0.129. The predicted molar refractivity (Wildman–Crippen MR) is 193 cm³/mol. The zero-order chi connectivity index (χ0) is 33.1. The van der Waals surface area contributed by atoms with Crippen molar-refractivity contribution in [2.45, 2.75) is 39.5 Å². The minimum Gasteiger partial charge on any atom is -0.457 e. The molecule has 0 saturated heterocycles. The highest BCUT2D eigenvalue weighted by Gasteiger charge is 2.28. The summed E-state index contributed by atoms with van der Waals surface area (Å²) in [5.41, 5.74) is 2.71. The molecule has 8 rings (SSSR count). The summed E-state index contributed by atoms with van der Waals surface area (Å²) >= 11 is 0. The highest BCUT2D eigenvalue weighted by Crippen LogP contribution is 2.47. The van der Waals surface area contributed by atoms with Gasteiger partial charge in [0.2, 0.25) is 0 Å². The van der Waals surface area contributed by atoms with E-state index in [9.17, 15) is 9.59 Å². The van der Waals surface area contributed by atoms with Crippen LogP contribution < -0.4 is 20.6 Å². The first kappa shape index (κ1) is 29.5. The molecule has 0 fully saturated rings. The van der Waals surface area contributed by atoms with Gasteiger partial charge in [0.1, 0.15) is 22.8 Å². The molecule has 6 aromatic carbocycles. The average Bonchev–Trinajstić information content (AvgIpc) is 3.10. The Kier molecular flexibility index (Phi) is 7.02. The SMILES string of the molecule is CC(C)c1cccc(C(C)C)c1-n1c(=O)c2cc(Oc3ccccc3)c3oc4ccccc4c4c(Oc5ccccc5)cc(c1=O)c2c34. The van der Waals surface area contributed by atoms with E-state index in [-0.39, 0.29) is 11.8 Å². The molecular formula is C42H33NO5. The standard InChI is InChI=1S/C42H33NO5/c1-24(2)28-19-13-20-29(25(3)4)39(28)43-41(44)31-22-34(46-26-14-7-5-8-15-26)37-30-18-11-12-21-33(30)48-40-35(47-27-16-9-6-10-17-27)23-32(42(43)45)36(31)38(37)40/h5-25H,1-4H3. The first-order valence-corrected chi connectivity index (χ1v) is 16.2. The summed E-state index contributed by atoms with van der Waals surface area (Å²) in [6, 6.07) is 36.1. The summed E-state index contributed by atoms with van der Waals surface area (Å²) in [5.74, 6) is 2.18. The fourth-order valence-electron chi connectivity index (χ4n) is 6.83. The number of ether oxygens (including phenoxy) is 2. The highest BCUT2D eigenvalue weighted by atomic mass is 16.5. The van der Waals surface area contributed by atoms with Crippen LogP contribution in [0.25, 0.3) is 49.2 Å². The smallest absolute Gasteiger partial charge is 0.266 e. The first-order valence-electron chi connectivity index (χ1n) is 16.2. The second-order valence-corrected chi connectivity index (χ2v) is 12.8. The fraction of sp³-hybridized carbons (Fsp3) is 0.143. The molecule has 0 radical (unpaired) electrons. The second kappa shape index (κ2) is 11.4. The molecule has 6 heteroatoms. The molecule has 0 bridgehead atoms. The number of nitrogens with zero attached hydrogens (tertiary/aromatic N) is 1. The van der Waals surface area contributed by atoms with Crippen LogP contribution in [0.5, 0.6) is 23.0 Å². The van der Waals surface area contributed by atoms with Gasteiger partial charge in [0.25, 0.3) is 11.1 Å². The summed E-state index contributed by atoms with van der Waals surface area (Å²) in [6.45, 7) is 8.31. The van der Waals surface area contributed by atoms with Crippen molar-refractivity contribution >= 4 is 43.5 Å². The summed E-state index contributed by atoms with van der Waals surface area (Å²) in [4.78, 5) is 29.8. The summed E-state index contributed by atoms with van der Waals surface area (Å²) in [7, 11) is 0. The lowest BCUT2D eigenvalue weighted by Gasteiger charge is -2.22. The Morgan fingerprint density at radius 1 is 0.542 bits per heavy atom. The Morgan fingerprint density at radius 3 is 1.65 bits per heavy atom. The number of rotatable bonds is 7. The molecule has 0 aliphatic heterocycles. The number of pyridine rings is 1. The monoisotopic (exact) mass is 631 g/mol. The van der Waals surface area contributed by atoms with Crippen molar-refractivity contribution in [3.8, 4) is 28.7 Å². The number of para-hydroxylation sites is 4. The molecule has 0 amide bonds. The topological polar surface area (TPSA) is 70.7 Å². The van der Waals surface area contributed by atoms with Gasteiger partial charge in [-0.15, -0.1) is 0 Å². The zero-order valence-electron chi connectivity index (χ0n) is 27.1. The minimum atomic E-state index is -0.409. The molecule has 0 N–H and O–H groups in total. The summed E-state index contributed by atoms with van der Waals surface area (Å²) < 4.78 is 21.1. The van der Waals surface area contributed by atoms with Crippen LogP contribution in [-0.2, 0) is 0 Å². The first-order chi connectivity index (χ1) is 23.3. The lowest BCUT2D eigenvalue weighted by atomic mass is 9.91. The van der Waals surface area contributed by atoms with Gasteiger partial charge < -0.3 is 13.9 Å². The van der Waals surface area contributed by atoms with E-state index in [0.717, 1.165) is 21.9 Å². The van der Waals surface area contributed by atoms with Crippen LogP contribution in [0.2, 0.25) is 0 Å². The average molecular weight is 632 g/mol. The van der Waals surface area contributed by atoms with E-state index in [2.05, 4.69) is 27.7 Å². The largest absolute Gasteiger partial charge is 0.457 e. The summed E-state index contributed by atoms with van der Waals surface area (Å²) in [6.07, 6.45) is 0. The van der Waals surface area contributed by atoms with E-state index in [4.69, 9.17) is 13.9 Å². The third-order valence-electron chi connectivity index (χ3n) is 9.03. The number of hydrogen-bond acceptors (Lipinski definition) is 5. The number of hydrogen-bond donors (Lipinski definition) is 0. The van der Waals surface area contributed by atoms with Gasteiger partial charge in [0.05, 0.1) is 16.5 Å². The molecule has 6 nitrogen and oxygen atoms in total. The van der Waals surface area contributed by atoms with E-state index in [0.29, 0.717) is 61.4 Å². The van der Waals surface area contributed by atoms with Crippen molar-refractivity contribution in [3.05, 3.63) is 147 Å². The molecule has 0 aliphatic carbocycles. The van der Waals surface area contributed by atoms with Gasteiger partial charge in [-0.25, -0.2) is 4.57 Å². The molecule has 0 aliphatic rings. The van der Waals surface area contributed by atoms with Crippen molar-refractivity contribution in [2.24, 2.45) is 0 Å². The lowest BCUT2D eigenvalue weighted by Crippen LogP contribution is -2.34. The van der Waals surface area contributed by atoms with E-state index >= 15 is 0 Å². The van der Waals surface area contributed by atoms with Crippen LogP contribution in [-0.4, -0.2) is 4.57 Å². The van der Waals surface area contributed by atoms with Crippen LogP contribution in [0.3, 0.4) is 0 Å². The van der Waals surface area contributed by atoms with E-state index < -0.39 is 11.1 Å². The van der Waals surface area contributed by atoms with Crippen LogP contribution in [0.15, 0.2) is 129 Å². The van der Waals surface area contributed by atoms with Crippen molar-refractivity contribution in [3.63, 3.8) is 0 Å². The fourth-order valence-corrected chi connectivity index (χ4v) is 6.83. The van der Waals surface area contributed by atoms with E-state index in [1.807, 2.05) is 103 Å². The van der Waals surface area contributed by atoms with Crippen LogP contribution in [0.1, 0.15) is 50.7 Å². The number of benzene rings is 6. The maximum absolute atomic E-state index is 14.9. The molecule has 236 valence electrons. The van der Waals surface area contributed by atoms with Gasteiger partial charge in [0, 0.05) is 21.5 Å². The zero-order valence-corrected chi connectivity index (χ0v) is 27.1. The molecule has 0 atom stereocenters. The van der Waals surface area contributed by atoms with E-state index in [1.54, 1.807) is 12.1 Å². The molecule has 0 saturated carbocycles. The molecule has 2 aromatic heterocycles. The van der Waals surface area contributed by atoms with Crippen molar-refractivity contribution in [2.75, 3.05) is 0 Å².